The molecule has 0 aromatic heterocycles. The fraction of sp³-hybridized carbons (Fsp3) is 0.391. The summed E-state index contributed by atoms with van der Waals surface area (Å²) in [4.78, 5) is 29.8. The number of carbonyl (C=O) groups is 2. The van der Waals surface area contributed by atoms with Gasteiger partial charge >= 0.3 is 6.09 Å². The van der Waals surface area contributed by atoms with Crippen LogP contribution in [0, 0.1) is 0 Å². The Morgan fingerprint density at radius 2 is 1.74 bits per heavy atom. The third-order valence-electron chi connectivity index (χ3n) is 4.23. The molecule has 0 fully saturated rings. The van der Waals surface area contributed by atoms with Crippen LogP contribution < -0.4 is 10.1 Å². The molecule has 2 rings (SSSR count). The SMILES string of the molecule is CON(C)C(=O)c1ccccc1OC[C@H](Cc1ccc(Cl)cc1)NC(=O)OC(C)(C)C. The summed E-state index contributed by atoms with van der Waals surface area (Å²) in [5.74, 6) is 0.0518. The molecule has 0 spiro atoms. The number of halogens is 1. The predicted octanol–water partition coefficient (Wildman–Crippen LogP) is 4.49. The van der Waals surface area contributed by atoms with Gasteiger partial charge in [0.2, 0.25) is 0 Å². The van der Waals surface area contributed by atoms with E-state index in [1.807, 2.05) is 12.1 Å². The molecule has 7 nitrogen and oxygen atoms in total. The summed E-state index contributed by atoms with van der Waals surface area (Å²) < 4.78 is 11.3. The van der Waals surface area contributed by atoms with E-state index in [0.717, 1.165) is 10.6 Å². The van der Waals surface area contributed by atoms with Crippen LogP contribution in [0.1, 0.15) is 36.7 Å². The van der Waals surface area contributed by atoms with Gasteiger partial charge in [-0.2, -0.15) is 0 Å². The van der Waals surface area contributed by atoms with Gasteiger partial charge in [0.15, 0.2) is 0 Å². The molecule has 0 heterocycles. The van der Waals surface area contributed by atoms with Crippen LogP contribution in [0.15, 0.2) is 48.5 Å². The van der Waals surface area contributed by atoms with Gasteiger partial charge in [-0.15, -0.1) is 0 Å². The topological polar surface area (TPSA) is 77.1 Å². The summed E-state index contributed by atoms with van der Waals surface area (Å²) in [7, 11) is 2.93. The molecule has 31 heavy (non-hydrogen) atoms. The van der Waals surface area contributed by atoms with E-state index >= 15 is 0 Å². The Hall–Kier alpha value is -2.77. The van der Waals surface area contributed by atoms with Crippen molar-refractivity contribution < 1.29 is 23.9 Å². The summed E-state index contributed by atoms with van der Waals surface area (Å²) >= 11 is 5.97. The number of nitrogens with zero attached hydrogens (tertiary/aromatic N) is 1. The molecule has 0 radical (unpaired) electrons. The lowest BCUT2D eigenvalue weighted by atomic mass is 10.1. The lowest BCUT2D eigenvalue weighted by Crippen LogP contribution is -2.43. The van der Waals surface area contributed by atoms with Gasteiger partial charge in [-0.3, -0.25) is 9.63 Å². The van der Waals surface area contributed by atoms with Crippen molar-refractivity contribution in [3.8, 4) is 5.75 Å². The van der Waals surface area contributed by atoms with Crippen molar-refractivity contribution >= 4 is 23.6 Å². The van der Waals surface area contributed by atoms with Gasteiger partial charge in [-0.05, 0) is 57.0 Å². The number of carbonyl (C=O) groups excluding carboxylic acids is 2. The molecule has 0 aliphatic heterocycles. The second-order valence-electron chi connectivity index (χ2n) is 7.97. The smallest absolute Gasteiger partial charge is 0.408 e. The number of benzene rings is 2. The van der Waals surface area contributed by atoms with Gasteiger partial charge in [0.05, 0.1) is 18.7 Å². The van der Waals surface area contributed by atoms with Gasteiger partial charge in [0, 0.05) is 12.1 Å². The van der Waals surface area contributed by atoms with E-state index in [-0.39, 0.29) is 12.5 Å². The number of hydroxylamine groups is 2. The van der Waals surface area contributed by atoms with Crippen molar-refractivity contribution in [2.75, 3.05) is 20.8 Å². The number of ether oxygens (including phenoxy) is 2. The number of alkyl carbamates (subject to hydrolysis) is 1. The molecule has 2 amide bonds. The Bertz CT molecular complexity index is 880. The summed E-state index contributed by atoms with van der Waals surface area (Å²) in [6.07, 6.45) is -0.0524. The highest BCUT2D eigenvalue weighted by Crippen LogP contribution is 2.20. The van der Waals surface area contributed by atoms with Crippen molar-refractivity contribution in [3.05, 3.63) is 64.7 Å². The lowest BCUT2D eigenvalue weighted by Gasteiger charge is -2.24. The lowest BCUT2D eigenvalue weighted by molar-refractivity contribution is -0.0758. The first-order valence-corrected chi connectivity index (χ1v) is 10.2. The number of hydrogen-bond acceptors (Lipinski definition) is 5. The first-order chi connectivity index (χ1) is 14.6. The van der Waals surface area contributed by atoms with Gasteiger partial charge in [0.25, 0.3) is 5.91 Å². The highest BCUT2D eigenvalue weighted by atomic mass is 35.5. The van der Waals surface area contributed by atoms with Gasteiger partial charge < -0.3 is 14.8 Å². The summed E-state index contributed by atoms with van der Waals surface area (Å²) in [6.45, 7) is 5.52. The van der Waals surface area contributed by atoms with E-state index in [9.17, 15) is 9.59 Å². The first kappa shape index (κ1) is 24.5. The third kappa shape index (κ3) is 8.11. The van der Waals surface area contributed by atoms with E-state index in [0.29, 0.717) is 22.8 Å². The zero-order chi connectivity index (χ0) is 23.0. The summed E-state index contributed by atoms with van der Waals surface area (Å²) in [5.41, 5.74) is 0.700. The number of para-hydroxylation sites is 1. The maximum atomic E-state index is 12.5. The van der Waals surface area contributed by atoms with Crippen LogP contribution in [-0.2, 0) is 16.0 Å². The van der Waals surface area contributed by atoms with E-state index in [4.69, 9.17) is 25.9 Å². The first-order valence-electron chi connectivity index (χ1n) is 9.87. The fourth-order valence-corrected chi connectivity index (χ4v) is 2.87. The normalized spacial score (nSPS) is 12.1. The molecule has 0 aliphatic rings. The second-order valence-corrected chi connectivity index (χ2v) is 8.40. The third-order valence-corrected chi connectivity index (χ3v) is 4.49. The Balaban J connectivity index is 2.16. The fourth-order valence-electron chi connectivity index (χ4n) is 2.74. The van der Waals surface area contributed by atoms with Crippen molar-refractivity contribution in [1.29, 1.82) is 0 Å². The molecular weight excluding hydrogens is 420 g/mol. The number of rotatable bonds is 8. The minimum atomic E-state index is -0.625. The van der Waals surface area contributed by atoms with Crippen molar-refractivity contribution in [1.82, 2.24) is 10.4 Å². The molecule has 0 aliphatic carbocycles. The van der Waals surface area contributed by atoms with Gasteiger partial charge in [0.1, 0.15) is 18.0 Å². The quantitative estimate of drug-likeness (QED) is 0.602. The van der Waals surface area contributed by atoms with Crippen LogP contribution in [0.2, 0.25) is 5.02 Å². The molecule has 0 saturated carbocycles. The maximum absolute atomic E-state index is 12.5. The van der Waals surface area contributed by atoms with Crippen LogP contribution in [0.4, 0.5) is 4.79 Å². The predicted molar refractivity (Wildman–Crippen MR) is 119 cm³/mol. The minimum Gasteiger partial charge on any atom is -0.491 e. The highest BCUT2D eigenvalue weighted by molar-refractivity contribution is 6.30. The zero-order valence-electron chi connectivity index (χ0n) is 18.5. The van der Waals surface area contributed by atoms with Crippen molar-refractivity contribution in [3.63, 3.8) is 0 Å². The van der Waals surface area contributed by atoms with Gasteiger partial charge in [-0.25, -0.2) is 9.86 Å². The summed E-state index contributed by atoms with van der Waals surface area (Å²) in [5, 5.41) is 4.60. The minimum absolute atomic E-state index is 0.128. The van der Waals surface area contributed by atoms with E-state index in [1.165, 1.54) is 14.2 Å². The molecule has 0 saturated heterocycles. The van der Waals surface area contributed by atoms with Crippen LogP contribution in [0.25, 0.3) is 0 Å². The number of hydrogen-bond donors (Lipinski definition) is 1. The average molecular weight is 449 g/mol. The molecule has 8 heteroatoms. The number of nitrogens with one attached hydrogen (secondary N) is 1. The molecule has 2 aromatic rings. The van der Waals surface area contributed by atoms with Gasteiger partial charge in [-0.1, -0.05) is 35.9 Å². The maximum Gasteiger partial charge on any atom is 0.408 e. The number of amides is 2. The highest BCUT2D eigenvalue weighted by Gasteiger charge is 2.22. The Labute approximate surface area is 188 Å². The Morgan fingerprint density at radius 3 is 2.35 bits per heavy atom. The van der Waals surface area contributed by atoms with E-state index in [2.05, 4.69) is 5.32 Å². The molecule has 0 unspecified atom stereocenters. The van der Waals surface area contributed by atoms with Crippen LogP contribution in [0.5, 0.6) is 5.75 Å². The van der Waals surface area contributed by atoms with Crippen molar-refractivity contribution in [2.45, 2.75) is 38.8 Å². The molecule has 0 bridgehead atoms. The second kappa shape index (κ2) is 11.0. The largest absolute Gasteiger partial charge is 0.491 e. The standard InChI is InChI=1S/C23H29ClN2O5/c1-23(2,3)31-22(28)25-18(14-16-10-12-17(24)13-11-16)15-30-20-9-7-6-8-19(20)21(27)26(4)29-5/h6-13,18H,14-15H2,1-5H3,(H,25,28)/t18-/m0/s1. The van der Waals surface area contributed by atoms with Crippen LogP contribution >= 0.6 is 11.6 Å². The Morgan fingerprint density at radius 1 is 1.10 bits per heavy atom. The molecular formula is C23H29ClN2O5. The monoisotopic (exact) mass is 448 g/mol. The van der Waals surface area contributed by atoms with Crippen molar-refractivity contribution in [2.24, 2.45) is 0 Å². The van der Waals surface area contributed by atoms with Crippen LogP contribution in [-0.4, -0.2) is 49.5 Å². The zero-order valence-corrected chi connectivity index (χ0v) is 19.2. The molecule has 1 atom stereocenters. The molecule has 2 aromatic carbocycles. The molecule has 168 valence electrons. The van der Waals surface area contributed by atoms with E-state index in [1.54, 1.807) is 57.2 Å². The average Bonchev–Trinajstić information content (AvgIpc) is 2.71. The molecule has 1 N–H and O–H groups in total. The van der Waals surface area contributed by atoms with Crippen LogP contribution in [0.3, 0.4) is 0 Å². The summed E-state index contributed by atoms with van der Waals surface area (Å²) in [6, 6.07) is 13.8. The van der Waals surface area contributed by atoms with E-state index < -0.39 is 17.7 Å². The Kier molecular flexibility index (Phi) is 8.71.